The van der Waals surface area contributed by atoms with E-state index in [-0.39, 0.29) is 0 Å². The molecule has 2 nitrogen and oxygen atoms in total. The van der Waals surface area contributed by atoms with Crippen molar-refractivity contribution in [1.82, 2.24) is 10.3 Å². The first-order valence-corrected chi connectivity index (χ1v) is 7.64. The molecule has 1 aliphatic heterocycles. The van der Waals surface area contributed by atoms with Gasteiger partial charge in [-0.2, -0.15) is 0 Å². The molecule has 0 saturated carbocycles. The summed E-state index contributed by atoms with van der Waals surface area (Å²) in [6.45, 7) is 6.67. The average Bonchev–Trinajstić information content (AvgIpc) is 2.97. The van der Waals surface area contributed by atoms with E-state index in [0.29, 0.717) is 5.41 Å². The van der Waals surface area contributed by atoms with E-state index in [1.165, 1.54) is 40.1 Å². The van der Waals surface area contributed by atoms with Crippen LogP contribution >= 0.6 is 11.3 Å². The molecule has 1 unspecified atom stereocenters. The van der Waals surface area contributed by atoms with Gasteiger partial charge in [-0.25, -0.2) is 4.98 Å². The summed E-state index contributed by atoms with van der Waals surface area (Å²) in [5, 5.41) is 4.87. The van der Waals surface area contributed by atoms with Gasteiger partial charge in [0.1, 0.15) is 5.01 Å². The summed E-state index contributed by atoms with van der Waals surface area (Å²) in [6.07, 6.45) is 3.72. The fourth-order valence-electron chi connectivity index (χ4n) is 3.04. The van der Waals surface area contributed by atoms with Crippen LogP contribution in [0.25, 0.3) is 10.2 Å². The number of nitrogens with zero attached hydrogens (tertiary/aromatic N) is 1. The number of aryl methyl sites for hydroxylation is 1. The van der Waals surface area contributed by atoms with Gasteiger partial charge < -0.3 is 5.32 Å². The Bertz CT molecular complexity index is 553. The zero-order valence-electron chi connectivity index (χ0n) is 11.1. The predicted octanol–water partition coefficient (Wildman–Crippen LogP) is 3.64. The molecule has 1 aliphatic rings. The van der Waals surface area contributed by atoms with E-state index in [1.54, 1.807) is 0 Å². The molecular formula is C15H20N2S. The first-order valence-electron chi connectivity index (χ1n) is 6.82. The fraction of sp³-hybridized carbons (Fsp3) is 0.533. The van der Waals surface area contributed by atoms with Crippen molar-refractivity contribution in [2.75, 3.05) is 13.1 Å². The van der Waals surface area contributed by atoms with Crippen LogP contribution in [-0.2, 0) is 5.41 Å². The summed E-state index contributed by atoms with van der Waals surface area (Å²) < 4.78 is 1.34. The molecule has 3 heteroatoms. The van der Waals surface area contributed by atoms with E-state index in [9.17, 15) is 0 Å². The molecular weight excluding hydrogens is 240 g/mol. The second-order valence-electron chi connectivity index (χ2n) is 5.40. The van der Waals surface area contributed by atoms with Crippen LogP contribution in [0.2, 0.25) is 0 Å². The van der Waals surface area contributed by atoms with Crippen LogP contribution in [0.3, 0.4) is 0 Å². The maximum atomic E-state index is 4.96. The van der Waals surface area contributed by atoms with Gasteiger partial charge in [0.25, 0.3) is 0 Å². The molecule has 0 aliphatic carbocycles. The molecule has 1 atom stereocenters. The van der Waals surface area contributed by atoms with E-state index < -0.39 is 0 Å². The summed E-state index contributed by atoms with van der Waals surface area (Å²) in [5.41, 5.74) is 2.80. The molecule has 0 radical (unpaired) electrons. The van der Waals surface area contributed by atoms with Gasteiger partial charge in [0.2, 0.25) is 0 Å². The summed E-state index contributed by atoms with van der Waals surface area (Å²) in [7, 11) is 0. The number of thiazole rings is 1. The van der Waals surface area contributed by atoms with Crippen LogP contribution in [0.1, 0.15) is 36.8 Å². The molecule has 1 aromatic carbocycles. The zero-order chi connectivity index (χ0) is 12.6. The minimum absolute atomic E-state index is 0.297. The van der Waals surface area contributed by atoms with E-state index in [4.69, 9.17) is 4.98 Å². The first kappa shape index (κ1) is 12.1. The van der Waals surface area contributed by atoms with Crippen LogP contribution in [-0.4, -0.2) is 18.1 Å². The third-order valence-corrected chi connectivity index (χ3v) is 5.31. The molecule has 96 valence electrons. The monoisotopic (exact) mass is 260 g/mol. The quantitative estimate of drug-likeness (QED) is 0.911. The Kier molecular flexibility index (Phi) is 3.12. The third kappa shape index (κ3) is 1.86. The highest BCUT2D eigenvalue weighted by Crippen LogP contribution is 2.39. The summed E-state index contributed by atoms with van der Waals surface area (Å²) in [6, 6.07) is 6.50. The maximum Gasteiger partial charge on any atom is 0.101 e. The Hall–Kier alpha value is -0.930. The van der Waals surface area contributed by atoms with Crippen molar-refractivity contribution in [2.45, 2.75) is 38.5 Å². The number of hydrogen-bond acceptors (Lipinski definition) is 3. The van der Waals surface area contributed by atoms with Crippen LogP contribution in [0, 0.1) is 6.92 Å². The van der Waals surface area contributed by atoms with Gasteiger partial charge in [-0.1, -0.05) is 25.5 Å². The lowest BCUT2D eigenvalue weighted by Gasteiger charge is -2.24. The summed E-state index contributed by atoms with van der Waals surface area (Å²) in [4.78, 5) is 4.96. The largest absolute Gasteiger partial charge is 0.316 e. The topological polar surface area (TPSA) is 24.9 Å². The molecule has 2 aromatic rings. The van der Waals surface area contributed by atoms with Gasteiger partial charge >= 0.3 is 0 Å². The molecule has 3 rings (SSSR count). The van der Waals surface area contributed by atoms with Gasteiger partial charge in [-0.05, 0) is 37.9 Å². The summed E-state index contributed by atoms with van der Waals surface area (Å²) >= 11 is 1.90. The number of aromatic nitrogens is 1. The van der Waals surface area contributed by atoms with Crippen molar-refractivity contribution in [3.8, 4) is 0 Å². The van der Waals surface area contributed by atoms with E-state index >= 15 is 0 Å². The van der Waals surface area contributed by atoms with Crippen LogP contribution in [0.4, 0.5) is 0 Å². The molecule has 1 aromatic heterocycles. The van der Waals surface area contributed by atoms with Crippen molar-refractivity contribution in [2.24, 2.45) is 0 Å². The van der Waals surface area contributed by atoms with Crippen LogP contribution < -0.4 is 5.32 Å². The molecule has 1 saturated heterocycles. The summed E-state index contributed by atoms with van der Waals surface area (Å²) in [5.74, 6) is 0. The normalized spacial score (nSPS) is 23.9. The predicted molar refractivity (Wildman–Crippen MR) is 78.4 cm³/mol. The van der Waals surface area contributed by atoms with Crippen LogP contribution in [0.5, 0.6) is 0 Å². The van der Waals surface area contributed by atoms with Gasteiger partial charge in [0, 0.05) is 12.0 Å². The molecule has 0 amide bonds. The minimum Gasteiger partial charge on any atom is -0.316 e. The number of benzene rings is 1. The fourth-order valence-corrected chi connectivity index (χ4v) is 4.33. The van der Waals surface area contributed by atoms with Gasteiger partial charge in [-0.15, -0.1) is 11.3 Å². The van der Waals surface area contributed by atoms with Gasteiger partial charge in [0.05, 0.1) is 10.2 Å². The van der Waals surface area contributed by atoms with E-state index in [1.807, 2.05) is 11.3 Å². The molecule has 1 N–H and O–H groups in total. The minimum atomic E-state index is 0.297. The Labute approximate surface area is 112 Å². The van der Waals surface area contributed by atoms with Crippen molar-refractivity contribution in [3.63, 3.8) is 0 Å². The van der Waals surface area contributed by atoms with Crippen molar-refractivity contribution >= 4 is 21.6 Å². The Morgan fingerprint density at radius 3 is 3.00 bits per heavy atom. The van der Waals surface area contributed by atoms with E-state index in [2.05, 4.69) is 37.4 Å². The Balaban J connectivity index is 2.09. The number of nitrogens with one attached hydrogen (secondary N) is 1. The SMILES string of the molecule is CCCC1(c2nc3c(C)cccc3s2)CCNC1. The van der Waals surface area contributed by atoms with Crippen molar-refractivity contribution < 1.29 is 0 Å². The van der Waals surface area contributed by atoms with E-state index in [0.717, 1.165) is 13.1 Å². The average molecular weight is 260 g/mol. The van der Waals surface area contributed by atoms with Crippen molar-refractivity contribution in [3.05, 3.63) is 28.8 Å². The molecule has 18 heavy (non-hydrogen) atoms. The zero-order valence-corrected chi connectivity index (χ0v) is 11.9. The second kappa shape index (κ2) is 4.63. The highest BCUT2D eigenvalue weighted by Gasteiger charge is 2.37. The number of hydrogen-bond donors (Lipinski definition) is 1. The van der Waals surface area contributed by atoms with Gasteiger partial charge in [-0.3, -0.25) is 0 Å². The highest BCUT2D eigenvalue weighted by molar-refractivity contribution is 7.18. The molecule has 2 heterocycles. The standard InChI is InChI=1S/C15H20N2S/c1-3-7-15(8-9-16-10-15)14-17-13-11(2)5-4-6-12(13)18-14/h4-6,16H,3,7-10H2,1-2H3. The number of rotatable bonds is 3. The number of fused-ring (bicyclic) bond motifs is 1. The third-order valence-electron chi connectivity index (χ3n) is 4.05. The van der Waals surface area contributed by atoms with Gasteiger partial charge in [0.15, 0.2) is 0 Å². The Morgan fingerprint density at radius 1 is 1.44 bits per heavy atom. The smallest absolute Gasteiger partial charge is 0.101 e. The molecule has 0 bridgehead atoms. The molecule has 0 spiro atoms. The number of para-hydroxylation sites is 1. The molecule has 1 fully saturated rings. The first-order chi connectivity index (χ1) is 8.75. The lowest BCUT2D eigenvalue weighted by molar-refractivity contribution is 0.426. The lowest BCUT2D eigenvalue weighted by atomic mass is 9.83. The second-order valence-corrected chi connectivity index (χ2v) is 6.43. The lowest BCUT2D eigenvalue weighted by Crippen LogP contribution is -2.28. The van der Waals surface area contributed by atoms with Crippen LogP contribution in [0.15, 0.2) is 18.2 Å². The van der Waals surface area contributed by atoms with Crippen molar-refractivity contribution in [1.29, 1.82) is 0 Å². The highest BCUT2D eigenvalue weighted by atomic mass is 32.1. The maximum absolute atomic E-state index is 4.96. The Morgan fingerprint density at radius 2 is 2.33 bits per heavy atom.